The van der Waals surface area contributed by atoms with Crippen molar-refractivity contribution in [2.45, 2.75) is 20.1 Å². The van der Waals surface area contributed by atoms with Gasteiger partial charge in [0.2, 0.25) is 6.29 Å². The van der Waals surface area contributed by atoms with Crippen molar-refractivity contribution in [3.05, 3.63) is 40.3 Å². The Balaban J connectivity index is 2.59. The van der Waals surface area contributed by atoms with Crippen molar-refractivity contribution < 1.29 is 9.47 Å². The topological polar surface area (TPSA) is 53.4 Å². The number of nitrogens with zero attached hydrogens (tertiary/aromatic N) is 2. The third-order valence-corrected chi connectivity index (χ3v) is 2.87. The van der Waals surface area contributed by atoms with Crippen LogP contribution in [0, 0.1) is 0 Å². The van der Waals surface area contributed by atoms with E-state index in [4.69, 9.17) is 9.47 Å². The second-order valence-corrected chi connectivity index (χ2v) is 4.09. The molecule has 0 saturated heterocycles. The molecule has 5 heteroatoms. The summed E-state index contributed by atoms with van der Waals surface area (Å²) in [5, 5.41) is 0. The molecule has 0 N–H and O–H groups in total. The number of aryl methyl sites for hydroxylation is 1. The van der Waals surface area contributed by atoms with E-state index in [0.29, 0.717) is 18.9 Å². The van der Waals surface area contributed by atoms with Gasteiger partial charge in [0, 0.05) is 20.3 Å². The first-order valence-electron chi connectivity index (χ1n) is 6.37. The molecule has 2 aromatic rings. The molecule has 1 aromatic heterocycles. The molecule has 0 fully saturated rings. The van der Waals surface area contributed by atoms with Crippen LogP contribution in [0.15, 0.2) is 29.1 Å². The van der Waals surface area contributed by atoms with E-state index in [1.54, 1.807) is 11.6 Å². The van der Waals surface area contributed by atoms with E-state index in [2.05, 4.69) is 4.98 Å². The van der Waals surface area contributed by atoms with E-state index in [1.165, 1.54) is 0 Å². The molecule has 0 spiro atoms. The maximum atomic E-state index is 12.3. The number of fused-ring (bicyclic) bond motifs is 1. The second kappa shape index (κ2) is 5.95. The van der Waals surface area contributed by atoms with Crippen LogP contribution in [0.25, 0.3) is 11.0 Å². The summed E-state index contributed by atoms with van der Waals surface area (Å²) in [5.41, 5.74) is 1.66. The molecule has 19 heavy (non-hydrogen) atoms. The zero-order valence-corrected chi connectivity index (χ0v) is 11.4. The van der Waals surface area contributed by atoms with Crippen LogP contribution in [-0.2, 0) is 16.5 Å². The number of benzene rings is 1. The maximum Gasteiger partial charge on any atom is 0.277 e. The number of ether oxygens (including phenoxy) is 2. The van der Waals surface area contributed by atoms with Crippen LogP contribution < -0.4 is 5.56 Å². The number of aromatic nitrogens is 2. The molecule has 1 aromatic carbocycles. The van der Waals surface area contributed by atoms with Crippen LogP contribution >= 0.6 is 0 Å². The first kappa shape index (κ1) is 13.7. The molecular weight excluding hydrogens is 244 g/mol. The Morgan fingerprint density at radius 2 is 1.84 bits per heavy atom. The molecule has 0 aliphatic rings. The van der Waals surface area contributed by atoms with Gasteiger partial charge in [-0.1, -0.05) is 12.1 Å². The fraction of sp³-hybridized carbons (Fsp3) is 0.429. The summed E-state index contributed by atoms with van der Waals surface area (Å²) >= 11 is 0. The molecule has 0 saturated carbocycles. The van der Waals surface area contributed by atoms with Gasteiger partial charge in [0.1, 0.15) is 0 Å². The minimum absolute atomic E-state index is 0.189. The number of hydrogen-bond acceptors (Lipinski definition) is 4. The average Bonchev–Trinajstić information content (AvgIpc) is 2.43. The molecule has 0 aliphatic heterocycles. The summed E-state index contributed by atoms with van der Waals surface area (Å²) in [6, 6.07) is 7.50. The third kappa shape index (κ3) is 2.67. The first-order valence-corrected chi connectivity index (χ1v) is 6.37. The van der Waals surface area contributed by atoms with Crippen LogP contribution in [0.5, 0.6) is 0 Å². The Labute approximate surface area is 111 Å². The van der Waals surface area contributed by atoms with E-state index < -0.39 is 6.29 Å². The van der Waals surface area contributed by atoms with E-state index >= 15 is 0 Å². The van der Waals surface area contributed by atoms with Gasteiger partial charge >= 0.3 is 0 Å². The Kier molecular flexibility index (Phi) is 4.29. The minimum Gasteiger partial charge on any atom is -0.347 e. The highest BCUT2D eigenvalue weighted by molar-refractivity contribution is 5.74. The van der Waals surface area contributed by atoms with E-state index in [9.17, 15) is 4.79 Å². The summed E-state index contributed by atoms with van der Waals surface area (Å²) in [5.74, 6) is 0. The lowest BCUT2D eigenvalue weighted by atomic mass is 10.2. The summed E-state index contributed by atoms with van der Waals surface area (Å²) in [7, 11) is 1.73. The highest BCUT2D eigenvalue weighted by Gasteiger charge is 2.19. The Hall–Kier alpha value is -1.72. The lowest BCUT2D eigenvalue weighted by Gasteiger charge is -2.17. The zero-order chi connectivity index (χ0) is 13.8. The lowest BCUT2D eigenvalue weighted by Crippen LogP contribution is -2.27. The van der Waals surface area contributed by atoms with Crippen LogP contribution in [0.3, 0.4) is 0 Å². The molecule has 0 radical (unpaired) electrons. The van der Waals surface area contributed by atoms with Crippen molar-refractivity contribution >= 4 is 11.0 Å². The zero-order valence-electron chi connectivity index (χ0n) is 11.4. The summed E-state index contributed by atoms with van der Waals surface area (Å²) in [6.45, 7) is 4.64. The van der Waals surface area contributed by atoms with E-state index in [0.717, 1.165) is 11.0 Å². The van der Waals surface area contributed by atoms with Crippen LogP contribution in [0.4, 0.5) is 0 Å². The molecular formula is C14H18N2O3. The summed E-state index contributed by atoms with van der Waals surface area (Å²) in [6.07, 6.45) is -0.710. The predicted molar refractivity (Wildman–Crippen MR) is 73.0 cm³/mol. The molecule has 5 nitrogen and oxygen atoms in total. The van der Waals surface area contributed by atoms with Crippen LogP contribution in [-0.4, -0.2) is 22.8 Å². The second-order valence-electron chi connectivity index (χ2n) is 4.09. The van der Waals surface area contributed by atoms with Gasteiger partial charge in [-0.3, -0.25) is 4.79 Å². The minimum atomic E-state index is -0.710. The quantitative estimate of drug-likeness (QED) is 0.773. The van der Waals surface area contributed by atoms with Crippen LogP contribution in [0.2, 0.25) is 0 Å². The smallest absolute Gasteiger partial charge is 0.277 e. The molecule has 102 valence electrons. The summed E-state index contributed by atoms with van der Waals surface area (Å²) in [4.78, 5) is 16.7. The maximum absolute atomic E-state index is 12.3. The predicted octanol–water partition coefficient (Wildman–Crippen LogP) is 2.01. The average molecular weight is 262 g/mol. The summed E-state index contributed by atoms with van der Waals surface area (Å²) < 4.78 is 12.5. The van der Waals surface area contributed by atoms with Crippen molar-refractivity contribution in [2.24, 2.45) is 7.05 Å². The fourth-order valence-corrected chi connectivity index (χ4v) is 1.96. The van der Waals surface area contributed by atoms with Gasteiger partial charge in [0.15, 0.2) is 5.69 Å². The van der Waals surface area contributed by atoms with Crippen molar-refractivity contribution in [1.29, 1.82) is 0 Å². The standard InChI is InChI=1S/C14H18N2O3/c1-4-18-14(19-5-2)12-13(17)16(3)11-9-7-6-8-10(11)15-12/h6-9,14H,4-5H2,1-3H3. The molecule has 0 atom stereocenters. The lowest BCUT2D eigenvalue weighted by molar-refractivity contribution is -0.143. The van der Waals surface area contributed by atoms with Gasteiger partial charge in [-0.25, -0.2) is 4.98 Å². The molecule has 0 unspecified atom stereocenters. The van der Waals surface area contributed by atoms with Gasteiger partial charge in [-0.2, -0.15) is 0 Å². The van der Waals surface area contributed by atoms with E-state index in [-0.39, 0.29) is 5.56 Å². The monoisotopic (exact) mass is 262 g/mol. The third-order valence-electron chi connectivity index (χ3n) is 2.87. The van der Waals surface area contributed by atoms with Crippen molar-refractivity contribution in [3.8, 4) is 0 Å². The molecule has 2 rings (SSSR count). The van der Waals surface area contributed by atoms with Crippen molar-refractivity contribution in [1.82, 2.24) is 9.55 Å². The van der Waals surface area contributed by atoms with Gasteiger partial charge in [-0.15, -0.1) is 0 Å². The normalized spacial score (nSPS) is 11.4. The number of para-hydroxylation sites is 2. The van der Waals surface area contributed by atoms with Crippen LogP contribution in [0.1, 0.15) is 25.8 Å². The van der Waals surface area contributed by atoms with Crippen molar-refractivity contribution in [2.75, 3.05) is 13.2 Å². The first-order chi connectivity index (χ1) is 9.19. The fourth-order valence-electron chi connectivity index (χ4n) is 1.96. The Bertz CT molecular complexity index is 616. The van der Waals surface area contributed by atoms with E-state index in [1.807, 2.05) is 38.1 Å². The van der Waals surface area contributed by atoms with Gasteiger partial charge < -0.3 is 14.0 Å². The molecule has 0 amide bonds. The van der Waals surface area contributed by atoms with Gasteiger partial charge in [-0.05, 0) is 26.0 Å². The highest BCUT2D eigenvalue weighted by Crippen LogP contribution is 2.16. The molecule has 0 bridgehead atoms. The highest BCUT2D eigenvalue weighted by atomic mass is 16.7. The van der Waals surface area contributed by atoms with Gasteiger partial charge in [0.05, 0.1) is 11.0 Å². The Morgan fingerprint density at radius 3 is 2.47 bits per heavy atom. The SMILES string of the molecule is CCOC(OCC)c1nc2ccccc2n(C)c1=O. The molecule has 1 heterocycles. The molecule has 0 aliphatic carbocycles. The number of rotatable bonds is 5. The van der Waals surface area contributed by atoms with Gasteiger partial charge in [0.25, 0.3) is 5.56 Å². The van der Waals surface area contributed by atoms with Crippen molar-refractivity contribution in [3.63, 3.8) is 0 Å². The Morgan fingerprint density at radius 1 is 1.21 bits per heavy atom. The largest absolute Gasteiger partial charge is 0.347 e. The number of hydrogen-bond donors (Lipinski definition) is 0.